The lowest BCUT2D eigenvalue weighted by Crippen LogP contribution is -2.63. The van der Waals surface area contributed by atoms with E-state index in [2.05, 4.69) is 10.6 Å². The molecule has 0 bridgehead atoms. The second-order valence-corrected chi connectivity index (χ2v) is 4.89. The van der Waals surface area contributed by atoms with Gasteiger partial charge in [0.25, 0.3) is 0 Å². The van der Waals surface area contributed by atoms with Crippen LogP contribution in [0.1, 0.15) is 39.0 Å². The molecule has 0 unspecified atom stereocenters. The molecule has 2 rings (SSSR count). The summed E-state index contributed by atoms with van der Waals surface area (Å²) in [7, 11) is 0. The van der Waals surface area contributed by atoms with Crippen LogP contribution >= 0.6 is 0 Å². The molecule has 0 aromatic rings. The Labute approximate surface area is 89.8 Å². The van der Waals surface area contributed by atoms with Crippen molar-refractivity contribution in [1.82, 2.24) is 10.6 Å². The maximum Gasteiger partial charge on any atom is 0.244 e. The van der Waals surface area contributed by atoms with E-state index in [-0.39, 0.29) is 23.3 Å². The molecule has 1 heterocycles. The summed E-state index contributed by atoms with van der Waals surface area (Å²) in [5, 5.41) is 5.45. The summed E-state index contributed by atoms with van der Waals surface area (Å²) in [6.45, 7) is 2.60. The van der Waals surface area contributed by atoms with Crippen LogP contribution in [-0.4, -0.2) is 24.4 Å². The summed E-state index contributed by atoms with van der Waals surface area (Å²) >= 11 is 0. The van der Waals surface area contributed by atoms with E-state index in [4.69, 9.17) is 0 Å². The van der Waals surface area contributed by atoms with Gasteiger partial charge in [0.1, 0.15) is 6.04 Å². The van der Waals surface area contributed by atoms with Gasteiger partial charge in [0.05, 0.1) is 0 Å². The maximum absolute atomic E-state index is 12.0. The lowest BCUT2D eigenvalue weighted by Gasteiger charge is -2.35. The molecule has 84 valence electrons. The molecule has 2 aliphatic rings. The predicted molar refractivity (Wildman–Crippen MR) is 56.1 cm³/mol. The van der Waals surface area contributed by atoms with Crippen molar-refractivity contribution in [3.8, 4) is 0 Å². The number of nitrogens with one attached hydrogen (secondary N) is 2. The fraction of sp³-hybridized carbons (Fsp3) is 0.818. The lowest BCUT2D eigenvalue weighted by molar-refractivity contribution is -0.138. The van der Waals surface area contributed by atoms with Crippen LogP contribution in [0.4, 0.5) is 0 Å². The fourth-order valence-electron chi connectivity index (χ4n) is 2.30. The van der Waals surface area contributed by atoms with Gasteiger partial charge in [0, 0.05) is 12.0 Å². The molecule has 1 atom stereocenters. The van der Waals surface area contributed by atoms with E-state index < -0.39 is 0 Å². The van der Waals surface area contributed by atoms with Gasteiger partial charge in [0.2, 0.25) is 11.8 Å². The summed E-state index contributed by atoms with van der Waals surface area (Å²) in [5.41, 5.74) is -0.242. The molecule has 4 heteroatoms. The zero-order valence-electron chi connectivity index (χ0n) is 9.14. The van der Waals surface area contributed by atoms with Crippen LogP contribution < -0.4 is 10.6 Å². The van der Waals surface area contributed by atoms with Crippen molar-refractivity contribution in [2.24, 2.45) is 5.41 Å². The molecule has 15 heavy (non-hydrogen) atoms. The number of hydrogen-bond donors (Lipinski definition) is 2. The third-order valence-electron chi connectivity index (χ3n) is 3.61. The largest absolute Gasteiger partial charge is 0.352 e. The van der Waals surface area contributed by atoms with E-state index in [1.165, 1.54) is 6.42 Å². The summed E-state index contributed by atoms with van der Waals surface area (Å²) < 4.78 is 0. The average Bonchev–Trinajstić information content (AvgIpc) is 2.24. The first-order valence-electron chi connectivity index (χ1n) is 5.70. The van der Waals surface area contributed by atoms with Gasteiger partial charge in [-0.15, -0.1) is 0 Å². The van der Waals surface area contributed by atoms with Crippen LogP contribution in [0, 0.1) is 5.41 Å². The highest BCUT2D eigenvalue weighted by molar-refractivity contribution is 5.93. The number of carbonyl (C=O) groups is 2. The number of β-lactam (4-membered cyclic amide) rings is 1. The van der Waals surface area contributed by atoms with Crippen molar-refractivity contribution in [3.63, 3.8) is 0 Å². The minimum atomic E-state index is -0.281. The summed E-state index contributed by atoms with van der Waals surface area (Å²) in [6.07, 6.45) is 5.38. The molecule has 2 fully saturated rings. The van der Waals surface area contributed by atoms with Crippen molar-refractivity contribution < 1.29 is 9.59 Å². The molecule has 0 aromatic carbocycles. The first-order valence-corrected chi connectivity index (χ1v) is 5.70. The topological polar surface area (TPSA) is 58.2 Å². The first kappa shape index (κ1) is 10.5. The van der Waals surface area contributed by atoms with Gasteiger partial charge in [-0.2, -0.15) is 0 Å². The molecule has 2 amide bonds. The van der Waals surface area contributed by atoms with Gasteiger partial charge >= 0.3 is 0 Å². The minimum Gasteiger partial charge on any atom is -0.352 e. The maximum atomic E-state index is 12.0. The molecule has 2 N–H and O–H groups in total. The molecule has 0 radical (unpaired) electrons. The monoisotopic (exact) mass is 210 g/mol. The normalized spacial score (nSPS) is 28.9. The number of carbonyl (C=O) groups excluding carboxylic acids is 2. The summed E-state index contributed by atoms with van der Waals surface area (Å²) in [4.78, 5) is 23.0. The average molecular weight is 210 g/mol. The van der Waals surface area contributed by atoms with Crippen molar-refractivity contribution in [1.29, 1.82) is 0 Å². The number of rotatable bonds is 2. The molecule has 1 saturated carbocycles. The molecule has 0 spiro atoms. The molecule has 1 aliphatic heterocycles. The third-order valence-corrected chi connectivity index (χ3v) is 3.61. The Morgan fingerprint density at radius 3 is 2.53 bits per heavy atom. The second kappa shape index (κ2) is 3.83. The van der Waals surface area contributed by atoms with E-state index in [1.807, 2.05) is 6.92 Å². The minimum absolute atomic E-state index is 0.0530. The van der Waals surface area contributed by atoms with E-state index in [0.29, 0.717) is 6.54 Å². The number of amides is 2. The highest BCUT2D eigenvalue weighted by Gasteiger charge is 2.38. The Hall–Kier alpha value is -1.06. The summed E-state index contributed by atoms with van der Waals surface area (Å²) in [6, 6.07) is -0.281. The van der Waals surface area contributed by atoms with Crippen molar-refractivity contribution in [2.75, 3.05) is 6.54 Å². The standard InChI is InChI=1S/C11H18N2O2/c1-11(5-3-2-4-6-11)10(15)13-8-7-12-9(8)14/h8H,2-7H2,1H3,(H,12,14)(H,13,15)/t8-/m1/s1. The third kappa shape index (κ3) is 1.98. The second-order valence-electron chi connectivity index (χ2n) is 4.89. The smallest absolute Gasteiger partial charge is 0.244 e. The van der Waals surface area contributed by atoms with Crippen LogP contribution in [0.3, 0.4) is 0 Å². The Balaban J connectivity index is 1.91. The quantitative estimate of drug-likeness (QED) is 0.655. The highest BCUT2D eigenvalue weighted by Crippen LogP contribution is 2.35. The van der Waals surface area contributed by atoms with Gasteiger partial charge in [-0.3, -0.25) is 9.59 Å². The van der Waals surface area contributed by atoms with Crippen LogP contribution in [0.15, 0.2) is 0 Å². The fourth-order valence-corrected chi connectivity index (χ4v) is 2.30. The van der Waals surface area contributed by atoms with E-state index >= 15 is 0 Å². The van der Waals surface area contributed by atoms with Crippen LogP contribution in [0.5, 0.6) is 0 Å². The molecular formula is C11H18N2O2. The van der Waals surface area contributed by atoms with Crippen molar-refractivity contribution in [2.45, 2.75) is 45.1 Å². The van der Waals surface area contributed by atoms with Gasteiger partial charge in [0.15, 0.2) is 0 Å². The van der Waals surface area contributed by atoms with Crippen LogP contribution in [0.25, 0.3) is 0 Å². The zero-order chi connectivity index (χ0) is 10.9. The molecule has 1 aliphatic carbocycles. The van der Waals surface area contributed by atoms with E-state index in [9.17, 15) is 9.59 Å². The predicted octanol–water partition coefficient (Wildman–Crippen LogP) is 0.571. The van der Waals surface area contributed by atoms with E-state index in [1.54, 1.807) is 0 Å². The lowest BCUT2D eigenvalue weighted by atomic mass is 9.75. The zero-order valence-corrected chi connectivity index (χ0v) is 9.14. The van der Waals surface area contributed by atoms with Gasteiger partial charge in [-0.05, 0) is 12.8 Å². The van der Waals surface area contributed by atoms with E-state index in [0.717, 1.165) is 25.7 Å². The SMILES string of the molecule is CC1(C(=O)N[C@@H]2CNC2=O)CCCCC1. The Morgan fingerprint density at radius 1 is 1.40 bits per heavy atom. The Bertz CT molecular complexity index is 282. The molecule has 1 saturated heterocycles. The van der Waals surface area contributed by atoms with Gasteiger partial charge in [-0.25, -0.2) is 0 Å². The van der Waals surface area contributed by atoms with Crippen LogP contribution in [-0.2, 0) is 9.59 Å². The molecular weight excluding hydrogens is 192 g/mol. The van der Waals surface area contributed by atoms with Crippen molar-refractivity contribution >= 4 is 11.8 Å². The first-order chi connectivity index (χ1) is 7.12. The van der Waals surface area contributed by atoms with Crippen molar-refractivity contribution in [3.05, 3.63) is 0 Å². The number of hydrogen-bond acceptors (Lipinski definition) is 2. The van der Waals surface area contributed by atoms with Gasteiger partial charge in [-0.1, -0.05) is 26.2 Å². The van der Waals surface area contributed by atoms with Gasteiger partial charge < -0.3 is 10.6 Å². The highest BCUT2D eigenvalue weighted by atomic mass is 16.2. The molecule has 4 nitrogen and oxygen atoms in total. The van der Waals surface area contributed by atoms with Crippen LogP contribution in [0.2, 0.25) is 0 Å². The molecule has 0 aromatic heterocycles. The Kier molecular flexibility index (Phi) is 2.67. The summed E-state index contributed by atoms with van der Waals surface area (Å²) in [5.74, 6) is 0.00445. The Morgan fingerprint density at radius 2 is 2.07 bits per heavy atom.